The Kier molecular flexibility index (Phi) is 2.60. The van der Waals surface area contributed by atoms with Crippen LogP contribution in [-0.2, 0) is 6.54 Å². The molecule has 0 atom stereocenters. The summed E-state index contributed by atoms with van der Waals surface area (Å²) in [4.78, 5) is 0. The summed E-state index contributed by atoms with van der Waals surface area (Å²) in [5.41, 5.74) is 1.69. The summed E-state index contributed by atoms with van der Waals surface area (Å²) < 4.78 is 0. The van der Waals surface area contributed by atoms with Crippen LogP contribution in [0.3, 0.4) is 0 Å². The Morgan fingerprint density at radius 1 is 1.21 bits per heavy atom. The maximum atomic E-state index is 3.64. The molecule has 0 bridgehead atoms. The molecule has 1 heteroatoms. The molecule has 0 unspecified atom stereocenters. The van der Waals surface area contributed by atoms with Gasteiger partial charge in [0.15, 0.2) is 0 Å². The van der Waals surface area contributed by atoms with Gasteiger partial charge in [-0.05, 0) is 38.2 Å². The Hall–Kier alpha value is -0.820. The van der Waals surface area contributed by atoms with Crippen LogP contribution >= 0.6 is 0 Å². The van der Waals surface area contributed by atoms with E-state index in [-0.39, 0.29) is 0 Å². The van der Waals surface area contributed by atoms with Gasteiger partial charge >= 0.3 is 0 Å². The first-order valence-electron chi connectivity index (χ1n) is 5.47. The standard InChI is InChI=1S/C13H19N/c1-13(2,12-8-9-12)14-10-11-6-4-3-5-7-11/h3-7,12,14H,8-10H2,1-2H3. The fourth-order valence-electron chi connectivity index (χ4n) is 1.88. The van der Waals surface area contributed by atoms with Crippen LogP contribution in [0.2, 0.25) is 0 Å². The second kappa shape index (κ2) is 3.74. The Morgan fingerprint density at radius 2 is 1.86 bits per heavy atom. The molecular weight excluding hydrogens is 170 g/mol. The maximum Gasteiger partial charge on any atom is 0.0210 e. The Balaban J connectivity index is 1.87. The molecule has 0 spiro atoms. The van der Waals surface area contributed by atoms with Crippen molar-refractivity contribution < 1.29 is 0 Å². The topological polar surface area (TPSA) is 12.0 Å². The van der Waals surface area contributed by atoms with E-state index in [1.807, 2.05) is 0 Å². The van der Waals surface area contributed by atoms with Gasteiger partial charge in [-0.25, -0.2) is 0 Å². The van der Waals surface area contributed by atoms with Crippen molar-refractivity contribution in [3.05, 3.63) is 35.9 Å². The molecular formula is C13H19N. The molecule has 0 saturated heterocycles. The first-order chi connectivity index (χ1) is 6.68. The zero-order valence-corrected chi connectivity index (χ0v) is 9.09. The third kappa shape index (κ3) is 2.36. The largest absolute Gasteiger partial charge is 0.307 e. The van der Waals surface area contributed by atoms with Crippen molar-refractivity contribution in [2.75, 3.05) is 0 Å². The van der Waals surface area contributed by atoms with E-state index < -0.39 is 0 Å². The third-order valence-electron chi connectivity index (χ3n) is 3.19. The lowest BCUT2D eigenvalue weighted by molar-refractivity contribution is 0.339. The van der Waals surface area contributed by atoms with Crippen LogP contribution in [0.1, 0.15) is 32.3 Å². The minimum absolute atomic E-state index is 0.315. The SMILES string of the molecule is CC(C)(NCc1ccccc1)C1CC1. The molecule has 1 saturated carbocycles. The zero-order chi connectivity index (χ0) is 10.0. The van der Waals surface area contributed by atoms with Gasteiger partial charge in [0.05, 0.1) is 0 Å². The van der Waals surface area contributed by atoms with Crippen LogP contribution in [0.15, 0.2) is 30.3 Å². The fraction of sp³-hybridized carbons (Fsp3) is 0.538. The molecule has 76 valence electrons. The number of benzene rings is 1. The lowest BCUT2D eigenvalue weighted by Crippen LogP contribution is -2.40. The van der Waals surface area contributed by atoms with Crippen LogP contribution in [0, 0.1) is 5.92 Å². The van der Waals surface area contributed by atoms with E-state index in [0.29, 0.717) is 5.54 Å². The molecule has 1 aliphatic rings. The summed E-state index contributed by atoms with van der Waals surface area (Å²) in [5.74, 6) is 0.895. The van der Waals surface area contributed by atoms with E-state index in [1.165, 1.54) is 18.4 Å². The molecule has 0 heterocycles. The van der Waals surface area contributed by atoms with Crippen molar-refractivity contribution >= 4 is 0 Å². The Bertz CT molecular complexity index is 285. The molecule has 0 aromatic heterocycles. The summed E-state index contributed by atoms with van der Waals surface area (Å²) in [6.07, 6.45) is 2.80. The van der Waals surface area contributed by atoms with E-state index >= 15 is 0 Å². The third-order valence-corrected chi connectivity index (χ3v) is 3.19. The van der Waals surface area contributed by atoms with Gasteiger partial charge in [0.25, 0.3) is 0 Å². The first-order valence-corrected chi connectivity index (χ1v) is 5.47. The highest BCUT2D eigenvalue weighted by Crippen LogP contribution is 2.39. The van der Waals surface area contributed by atoms with Crippen LogP contribution < -0.4 is 5.32 Å². The van der Waals surface area contributed by atoms with Crippen LogP contribution in [0.25, 0.3) is 0 Å². The molecule has 1 aromatic rings. The lowest BCUT2D eigenvalue weighted by atomic mass is 9.98. The monoisotopic (exact) mass is 189 g/mol. The summed E-state index contributed by atoms with van der Waals surface area (Å²) in [5, 5.41) is 3.64. The second-order valence-electron chi connectivity index (χ2n) is 4.84. The minimum atomic E-state index is 0.315. The van der Waals surface area contributed by atoms with Gasteiger partial charge in [0.1, 0.15) is 0 Å². The molecule has 1 aliphatic carbocycles. The van der Waals surface area contributed by atoms with E-state index in [1.54, 1.807) is 0 Å². The highest BCUT2D eigenvalue weighted by molar-refractivity contribution is 5.14. The molecule has 1 fully saturated rings. The number of rotatable bonds is 4. The van der Waals surface area contributed by atoms with Gasteiger partial charge in [-0.15, -0.1) is 0 Å². The molecule has 0 aliphatic heterocycles. The van der Waals surface area contributed by atoms with E-state index in [4.69, 9.17) is 0 Å². The summed E-state index contributed by atoms with van der Waals surface area (Å²) in [6, 6.07) is 10.6. The van der Waals surface area contributed by atoms with E-state index in [2.05, 4.69) is 49.5 Å². The van der Waals surface area contributed by atoms with Gasteiger partial charge in [-0.1, -0.05) is 30.3 Å². The zero-order valence-electron chi connectivity index (χ0n) is 9.09. The first kappa shape index (κ1) is 9.72. The minimum Gasteiger partial charge on any atom is -0.307 e. The van der Waals surface area contributed by atoms with Gasteiger partial charge in [-0.2, -0.15) is 0 Å². The molecule has 14 heavy (non-hydrogen) atoms. The smallest absolute Gasteiger partial charge is 0.0210 e. The summed E-state index contributed by atoms with van der Waals surface area (Å²) in [7, 11) is 0. The van der Waals surface area contributed by atoms with Crippen molar-refractivity contribution in [1.82, 2.24) is 5.32 Å². The average molecular weight is 189 g/mol. The van der Waals surface area contributed by atoms with Crippen molar-refractivity contribution in [3.63, 3.8) is 0 Å². The normalized spacial score (nSPS) is 17.0. The van der Waals surface area contributed by atoms with Gasteiger partial charge in [0.2, 0.25) is 0 Å². The number of hydrogen-bond acceptors (Lipinski definition) is 1. The van der Waals surface area contributed by atoms with Gasteiger partial charge < -0.3 is 5.32 Å². The van der Waals surface area contributed by atoms with E-state index in [0.717, 1.165) is 12.5 Å². The molecule has 1 N–H and O–H groups in total. The Labute approximate surface area is 86.5 Å². The predicted molar refractivity (Wildman–Crippen MR) is 60.1 cm³/mol. The molecule has 1 nitrogen and oxygen atoms in total. The van der Waals surface area contributed by atoms with E-state index in [9.17, 15) is 0 Å². The van der Waals surface area contributed by atoms with Gasteiger partial charge in [-0.3, -0.25) is 0 Å². The number of nitrogens with one attached hydrogen (secondary N) is 1. The summed E-state index contributed by atoms with van der Waals surface area (Å²) in [6.45, 7) is 5.62. The molecule has 1 aromatic carbocycles. The molecule has 0 radical (unpaired) electrons. The van der Waals surface area contributed by atoms with Crippen molar-refractivity contribution in [3.8, 4) is 0 Å². The van der Waals surface area contributed by atoms with Gasteiger partial charge in [0, 0.05) is 12.1 Å². The lowest BCUT2D eigenvalue weighted by Gasteiger charge is -2.26. The highest BCUT2D eigenvalue weighted by Gasteiger charge is 2.36. The fourth-order valence-corrected chi connectivity index (χ4v) is 1.88. The number of hydrogen-bond donors (Lipinski definition) is 1. The average Bonchev–Trinajstić information content (AvgIpc) is 3.00. The second-order valence-corrected chi connectivity index (χ2v) is 4.84. The van der Waals surface area contributed by atoms with Crippen molar-refractivity contribution in [2.45, 2.75) is 38.8 Å². The maximum absolute atomic E-state index is 3.64. The van der Waals surface area contributed by atoms with Crippen LogP contribution in [-0.4, -0.2) is 5.54 Å². The molecule has 0 amide bonds. The molecule has 2 rings (SSSR count). The predicted octanol–water partition coefficient (Wildman–Crippen LogP) is 2.96. The quantitative estimate of drug-likeness (QED) is 0.768. The van der Waals surface area contributed by atoms with Crippen molar-refractivity contribution in [1.29, 1.82) is 0 Å². The Morgan fingerprint density at radius 3 is 2.43 bits per heavy atom. The summed E-state index contributed by atoms with van der Waals surface area (Å²) >= 11 is 0. The van der Waals surface area contributed by atoms with Crippen LogP contribution in [0.4, 0.5) is 0 Å². The van der Waals surface area contributed by atoms with Crippen molar-refractivity contribution in [2.24, 2.45) is 5.92 Å². The highest BCUT2D eigenvalue weighted by atomic mass is 15.0. The van der Waals surface area contributed by atoms with Crippen LogP contribution in [0.5, 0.6) is 0 Å².